The maximum absolute atomic E-state index is 12.9. The van der Waals surface area contributed by atoms with Gasteiger partial charge in [-0.15, -0.1) is 0 Å². The molecule has 3 N–H and O–H groups in total. The molecule has 1 aromatic heterocycles. The van der Waals surface area contributed by atoms with E-state index in [4.69, 9.17) is 9.15 Å². The van der Waals surface area contributed by atoms with E-state index in [0.29, 0.717) is 5.58 Å². The van der Waals surface area contributed by atoms with Gasteiger partial charge in [-0.1, -0.05) is 52.8 Å². The Hall–Kier alpha value is -3.03. The van der Waals surface area contributed by atoms with E-state index in [1.807, 2.05) is 52.8 Å². The van der Waals surface area contributed by atoms with E-state index in [2.05, 4.69) is 16.0 Å². The van der Waals surface area contributed by atoms with E-state index in [1.165, 1.54) is 0 Å². The highest BCUT2D eigenvalue weighted by Gasteiger charge is 2.32. The fourth-order valence-corrected chi connectivity index (χ4v) is 3.05. The number of ether oxygens (including phenoxy) is 1. The van der Waals surface area contributed by atoms with Crippen LogP contribution in [0.4, 0.5) is 4.79 Å². The van der Waals surface area contributed by atoms with Crippen LogP contribution in [-0.4, -0.2) is 43.1 Å². The minimum absolute atomic E-state index is 0.143. The molecule has 0 bridgehead atoms. The smallest absolute Gasteiger partial charge is 0.407 e. The van der Waals surface area contributed by atoms with Crippen LogP contribution in [0.2, 0.25) is 0 Å². The third-order valence-corrected chi connectivity index (χ3v) is 4.98. The number of amides is 3. The molecule has 0 aliphatic carbocycles. The highest BCUT2D eigenvalue weighted by atomic mass is 16.5. The largest absolute Gasteiger partial charge is 0.451 e. The van der Waals surface area contributed by atoms with Crippen LogP contribution in [0.15, 0.2) is 34.7 Å². The van der Waals surface area contributed by atoms with Gasteiger partial charge in [0.25, 0.3) is 5.91 Å². The minimum Gasteiger partial charge on any atom is -0.451 e. The predicted molar refractivity (Wildman–Crippen MR) is 119 cm³/mol. The molecule has 2 rings (SSSR count). The van der Waals surface area contributed by atoms with Gasteiger partial charge in [0.1, 0.15) is 11.6 Å². The molecule has 0 saturated carbocycles. The maximum atomic E-state index is 12.9. The number of nitrogens with one attached hydrogen (secondary N) is 3. The van der Waals surface area contributed by atoms with Crippen LogP contribution in [0.3, 0.4) is 0 Å². The van der Waals surface area contributed by atoms with Crippen molar-refractivity contribution in [2.24, 2.45) is 11.3 Å². The van der Waals surface area contributed by atoms with Gasteiger partial charge in [0.2, 0.25) is 5.91 Å². The molecular formula is C23H33N3O5. The second kappa shape index (κ2) is 10.3. The second-order valence-corrected chi connectivity index (χ2v) is 8.87. The molecule has 0 aliphatic heterocycles. The topological polar surface area (TPSA) is 110 Å². The summed E-state index contributed by atoms with van der Waals surface area (Å²) in [6, 6.07) is 7.94. The summed E-state index contributed by atoms with van der Waals surface area (Å²) in [5.74, 6) is -0.620. The first-order valence-electron chi connectivity index (χ1n) is 10.5. The van der Waals surface area contributed by atoms with Crippen molar-refractivity contribution in [3.8, 4) is 0 Å². The van der Waals surface area contributed by atoms with Crippen molar-refractivity contribution in [1.82, 2.24) is 16.0 Å². The monoisotopic (exact) mass is 431 g/mol. The van der Waals surface area contributed by atoms with E-state index in [9.17, 15) is 14.4 Å². The molecule has 0 aliphatic rings. The Morgan fingerprint density at radius 1 is 1.10 bits per heavy atom. The summed E-state index contributed by atoms with van der Waals surface area (Å²) in [5.41, 5.74) is 0.292. The Morgan fingerprint density at radius 2 is 1.77 bits per heavy atom. The Labute approximate surface area is 183 Å². The lowest BCUT2D eigenvalue weighted by atomic mass is 9.86. The van der Waals surface area contributed by atoms with E-state index in [-0.39, 0.29) is 48.1 Å². The molecule has 8 nitrogen and oxygen atoms in total. The molecule has 0 spiro atoms. The van der Waals surface area contributed by atoms with Crippen LogP contribution >= 0.6 is 0 Å². The number of rotatable bonds is 8. The van der Waals surface area contributed by atoms with E-state index >= 15 is 0 Å². The number of carbonyl (C=O) groups excluding carboxylic acids is 3. The van der Waals surface area contributed by atoms with Gasteiger partial charge in [-0.3, -0.25) is 9.59 Å². The van der Waals surface area contributed by atoms with Crippen molar-refractivity contribution in [2.75, 3.05) is 13.2 Å². The van der Waals surface area contributed by atoms with Crippen LogP contribution in [-0.2, 0) is 9.53 Å². The molecule has 8 heteroatoms. The summed E-state index contributed by atoms with van der Waals surface area (Å²) in [4.78, 5) is 37.3. The fourth-order valence-electron chi connectivity index (χ4n) is 3.05. The van der Waals surface area contributed by atoms with Gasteiger partial charge in [-0.2, -0.15) is 0 Å². The standard InChI is InChI=1S/C23H33N3O5/c1-7-30-22(29)26-19(14(2)3)21(28)25-18(23(4,5)6)13-24-20(27)17-12-15-10-8-9-11-16(15)31-17/h8-12,14,18-19H,7,13H2,1-6H3,(H,24,27)(H,25,28)(H,26,29)/t18-,19+/m1/s1. The Balaban J connectivity index is 2.06. The zero-order valence-corrected chi connectivity index (χ0v) is 19.1. The van der Waals surface area contributed by atoms with Gasteiger partial charge in [0.15, 0.2) is 5.76 Å². The van der Waals surface area contributed by atoms with Crippen LogP contribution in [0.1, 0.15) is 52.1 Å². The number of furan rings is 1. The highest BCUT2D eigenvalue weighted by Crippen LogP contribution is 2.21. The zero-order chi connectivity index (χ0) is 23.2. The molecular weight excluding hydrogens is 398 g/mol. The normalized spacial score (nSPS) is 13.5. The van der Waals surface area contributed by atoms with Crippen LogP contribution < -0.4 is 16.0 Å². The SMILES string of the molecule is CCOC(=O)N[C@H](C(=O)N[C@H](CNC(=O)c1cc2ccccc2o1)C(C)(C)C)C(C)C. The summed E-state index contributed by atoms with van der Waals surface area (Å²) in [6.07, 6.45) is -0.637. The average Bonchev–Trinajstić information content (AvgIpc) is 3.12. The third-order valence-electron chi connectivity index (χ3n) is 4.98. The molecule has 3 amide bonds. The first kappa shape index (κ1) is 24.2. The molecule has 2 aromatic rings. The highest BCUT2D eigenvalue weighted by molar-refractivity contribution is 5.96. The minimum atomic E-state index is -0.755. The number of para-hydroxylation sites is 1. The fraction of sp³-hybridized carbons (Fsp3) is 0.522. The molecule has 1 heterocycles. The van der Waals surface area contributed by atoms with Gasteiger partial charge in [0.05, 0.1) is 12.6 Å². The van der Waals surface area contributed by atoms with Crippen molar-refractivity contribution in [3.63, 3.8) is 0 Å². The van der Waals surface area contributed by atoms with Crippen molar-refractivity contribution in [3.05, 3.63) is 36.1 Å². The summed E-state index contributed by atoms with van der Waals surface area (Å²) in [5, 5.41) is 9.26. The number of alkyl carbamates (subject to hydrolysis) is 1. The second-order valence-electron chi connectivity index (χ2n) is 8.87. The van der Waals surface area contributed by atoms with Crippen molar-refractivity contribution < 1.29 is 23.5 Å². The summed E-state index contributed by atoms with van der Waals surface area (Å²) in [7, 11) is 0. The zero-order valence-electron chi connectivity index (χ0n) is 19.1. The van der Waals surface area contributed by atoms with Gasteiger partial charge < -0.3 is 25.1 Å². The van der Waals surface area contributed by atoms with Gasteiger partial charge >= 0.3 is 6.09 Å². The van der Waals surface area contributed by atoms with Crippen LogP contribution in [0, 0.1) is 11.3 Å². The number of hydrogen-bond acceptors (Lipinski definition) is 5. The molecule has 31 heavy (non-hydrogen) atoms. The van der Waals surface area contributed by atoms with Crippen molar-refractivity contribution >= 4 is 28.9 Å². The molecule has 0 fully saturated rings. The van der Waals surface area contributed by atoms with Crippen LogP contribution in [0.5, 0.6) is 0 Å². The van der Waals surface area contributed by atoms with E-state index in [1.54, 1.807) is 19.1 Å². The molecule has 0 radical (unpaired) electrons. The lowest BCUT2D eigenvalue weighted by Gasteiger charge is -2.33. The number of carbonyl (C=O) groups is 3. The summed E-state index contributed by atoms with van der Waals surface area (Å²) in [6.45, 7) is 11.7. The third kappa shape index (κ3) is 6.73. The van der Waals surface area contributed by atoms with Crippen molar-refractivity contribution in [2.45, 2.75) is 53.6 Å². The van der Waals surface area contributed by atoms with Gasteiger partial charge in [0, 0.05) is 11.9 Å². The van der Waals surface area contributed by atoms with Crippen LogP contribution in [0.25, 0.3) is 11.0 Å². The molecule has 0 unspecified atom stereocenters. The van der Waals surface area contributed by atoms with E-state index < -0.39 is 12.1 Å². The Kier molecular flexibility index (Phi) is 8.08. The predicted octanol–water partition coefficient (Wildman–Crippen LogP) is 3.46. The molecule has 170 valence electrons. The maximum Gasteiger partial charge on any atom is 0.407 e. The van der Waals surface area contributed by atoms with Crippen molar-refractivity contribution in [1.29, 1.82) is 0 Å². The average molecular weight is 432 g/mol. The molecule has 2 atom stereocenters. The summed E-state index contributed by atoms with van der Waals surface area (Å²) < 4.78 is 10.5. The first-order valence-corrected chi connectivity index (χ1v) is 10.5. The van der Waals surface area contributed by atoms with Gasteiger partial charge in [-0.05, 0) is 30.4 Å². The lowest BCUT2D eigenvalue weighted by Crippen LogP contribution is -2.57. The van der Waals surface area contributed by atoms with E-state index in [0.717, 1.165) is 5.39 Å². The van der Waals surface area contributed by atoms with Gasteiger partial charge in [-0.25, -0.2) is 4.79 Å². The number of hydrogen-bond donors (Lipinski definition) is 3. The first-order chi connectivity index (χ1) is 14.5. The number of fused-ring (bicyclic) bond motifs is 1. The summed E-state index contributed by atoms with van der Waals surface area (Å²) >= 11 is 0. The Bertz CT molecular complexity index is 880. The molecule has 0 saturated heterocycles. The quantitative estimate of drug-likeness (QED) is 0.593. The molecule has 1 aromatic carbocycles. The Morgan fingerprint density at radius 3 is 2.35 bits per heavy atom. The number of benzene rings is 1. The lowest BCUT2D eigenvalue weighted by molar-refractivity contribution is -0.125.